The molecule has 0 radical (unpaired) electrons. The van der Waals surface area contributed by atoms with Crippen LogP contribution >= 0.6 is 0 Å². The highest BCUT2D eigenvalue weighted by atomic mass is 32.2. The normalized spacial score (nSPS) is 19.7. The number of ether oxygens (including phenoxy) is 1. The van der Waals surface area contributed by atoms with Crippen LogP contribution in [0, 0.1) is 11.7 Å². The lowest BCUT2D eigenvalue weighted by molar-refractivity contribution is -0.154. The first-order chi connectivity index (χ1) is 9.77. The van der Waals surface area contributed by atoms with Gasteiger partial charge in [-0.1, -0.05) is 0 Å². The first-order valence-electron chi connectivity index (χ1n) is 6.05. The zero-order valence-corrected chi connectivity index (χ0v) is 11.8. The number of benzene rings is 1. The molecule has 0 aliphatic carbocycles. The maximum Gasteiger partial charge on any atom is 0.375 e. The molecule has 1 aromatic rings. The lowest BCUT2D eigenvalue weighted by atomic mass is 9.94. The fourth-order valence-electron chi connectivity index (χ4n) is 2.08. The third kappa shape index (κ3) is 2.71. The molecule has 0 saturated heterocycles. The van der Waals surface area contributed by atoms with Gasteiger partial charge in [0.2, 0.25) is 0 Å². The number of halogens is 1. The fourth-order valence-corrected chi connectivity index (χ4v) is 3.77. The lowest BCUT2D eigenvalue weighted by Gasteiger charge is -2.21. The first-order valence-corrected chi connectivity index (χ1v) is 7.70. The molecule has 1 aromatic carbocycles. The van der Waals surface area contributed by atoms with Crippen LogP contribution in [0.1, 0.15) is 17.3 Å². The number of rotatable bonds is 3. The van der Waals surface area contributed by atoms with Crippen molar-refractivity contribution >= 4 is 27.4 Å². The van der Waals surface area contributed by atoms with E-state index in [4.69, 9.17) is 0 Å². The molecule has 8 heteroatoms. The summed E-state index contributed by atoms with van der Waals surface area (Å²) < 4.78 is 41.8. The van der Waals surface area contributed by atoms with Crippen LogP contribution in [0.15, 0.2) is 23.1 Å². The maximum absolute atomic E-state index is 13.2. The standard InChI is InChI=1S/C13H11FO6S/c1-2-20-13(17)12(16)9-6-21(18,19)10-4-3-7(14)5-8(10)11(9)15/h3-5,9H,2,6H2,1H3. The predicted molar refractivity (Wildman–Crippen MR) is 67.9 cm³/mol. The van der Waals surface area contributed by atoms with E-state index >= 15 is 0 Å². The second-order valence-corrected chi connectivity index (χ2v) is 6.43. The molecule has 0 fully saturated rings. The molecule has 1 aliphatic heterocycles. The molecule has 0 aromatic heterocycles. The van der Waals surface area contributed by atoms with Crippen molar-refractivity contribution in [3.05, 3.63) is 29.6 Å². The van der Waals surface area contributed by atoms with E-state index in [1.165, 1.54) is 6.92 Å². The quantitative estimate of drug-likeness (QED) is 0.350. The molecule has 1 unspecified atom stereocenters. The van der Waals surface area contributed by atoms with Crippen LogP contribution in [0.3, 0.4) is 0 Å². The van der Waals surface area contributed by atoms with E-state index in [9.17, 15) is 27.2 Å². The average Bonchev–Trinajstić information content (AvgIpc) is 2.42. The second-order valence-electron chi connectivity index (χ2n) is 4.42. The molecule has 1 heterocycles. The SMILES string of the molecule is CCOC(=O)C(=O)C1CS(=O)(=O)c2ccc(F)cc2C1=O. The summed E-state index contributed by atoms with van der Waals surface area (Å²) in [5, 5.41) is 0. The first kappa shape index (κ1) is 15.3. The highest BCUT2D eigenvalue weighted by molar-refractivity contribution is 7.91. The highest BCUT2D eigenvalue weighted by Crippen LogP contribution is 2.29. The molecule has 21 heavy (non-hydrogen) atoms. The zero-order valence-electron chi connectivity index (χ0n) is 11.0. The largest absolute Gasteiger partial charge is 0.460 e. The van der Waals surface area contributed by atoms with Crippen molar-refractivity contribution in [2.45, 2.75) is 11.8 Å². The third-order valence-electron chi connectivity index (χ3n) is 3.04. The Kier molecular flexibility index (Phi) is 3.91. The molecule has 112 valence electrons. The van der Waals surface area contributed by atoms with Gasteiger partial charge in [0.1, 0.15) is 11.7 Å². The van der Waals surface area contributed by atoms with E-state index in [0.717, 1.165) is 18.2 Å². The van der Waals surface area contributed by atoms with Gasteiger partial charge >= 0.3 is 5.97 Å². The van der Waals surface area contributed by atoms with Gasteiger partial charge in [0.25, 0.3) is 5.78 Å². The summed E-state index contributed by atoms with van der Waals surface area (Å²) in [4.78, 5) is 35.0. The van der Waals surface area contributed by atoms with Gasteiger partial charge in [0.15, 0.2) is 15.6 Å². The Morgan fingerprint density at radius 2 is 2.05 bits per heavy atom. The molecule has 0 amide bonds. The highest BCUT2D eigenvalue weighted by Gasteiger charge is 2.43. The number of hydrogen-bond donors (Lipinski definition) is 0. The van der Waals surface area contributed by atoms with Gasteiger partial charge < -0.3 is 4.74 Å². The van der Waals surface area contributed by atoms with Gasteiger partial charge in [0, 0.05) is 5.56 Å². The predicted octanol–water partition coefficient (Wildman–Crippen LogP) is 0.544. The van der Waals surface area contributed by atoms with Crippen LogP contribution in [0.25, 0.3) is 0 Å². The van der Waals surface area contributed by atoms with Crippen LogP contribution in [0.4, 0.5) is 4.39 Å². The maximum atomic E-state index is 13.2. The number of carbonyl (C=O) groups is 3. The smallest absolute Gasteiger partial charge is 0.375 e. The van der Waals surface area contributed by atoms with Crippen LogP contribution in [0.5, 0.6) is 0 Å². The Hall–Kier alpha value is -2.09. The second kappa shape index (κ2) is 5.36. The Bertz CT molecular complexity index is 737. The molecule has 0 saturated carbocycles. The summed E-state index contributed by atoms with van der Waals surface area (Å²) in [6, 6.07) is 2.64. The molecule has 2 rings (SSSR count). The van der Waals surface area contributed by atoms with E-state index in [2.05, 4.69) is 4.74 Å². The zero-order chi connectivity index (χ0) is 15.8. The van der Waals surface area contributed by atoms with Crippen LogP contribution in [-0.2, 0) is 24.2 Å². The topological polar surface area (TPSA) is 94.6 Å². The van der Waals surface area contributed by atoms with Gasteiger partial charge in [-0.25, -0.2) is 17.6 Å². The summed E-state index contributed by atoms with van der Waals surface area (Å²) in [6.45, 7) is 1.39. The molecular weight excluding hydrogens is 303 g/mol. The van der Waals surface area contributed by atoms with Gasteiger partial charge in [-0.3, -0.25) is 9.59 Å². The van der Waals surface area contributed by atoms with E-state index in [-0.39, 0.29) is 11.5 Å². The number of Topliss-reactive ketones (excluding diaryl/α,β-unsaturated/α-hetero) is 2. The lowest BCUT2D eigenvalue weighted by Crippen LogP contribution is -2.40. The number of carbonyl (C=O) groups excluding carboxylic acids is 3. The number of sulfone groups is 1. The average molecular weight is 314 g/mol. The number of hydrogen-bond acceptors (Lipinski definition) is 6. The van der Waals surface area contributed by atoms with E-state index in [1.54, 1.807) is 0 Å². The monoisotopic (exact) mass is 314 g/mol. The summed E-state index contributed by atoms with van der Waals surface area (Å²) in [5.74, 6) is -6.71. The van der Waals surface area contributed by atoms with Crippen LogP contribution in [-0.4, -0.2) is 38.3 Å². The van der Waals surface area contributed by atoms with Crippen molar-refractivity contribution in [3.8, 4) is 0 Å². The van der Waals surface area contributed by atoms with Crippen molar-refractivity contribution in [1.82, 2.24) is 0 Å². The van der Waals surface area contributed by atoms with E-state index in [0.29, 0.717) is 0 Å². The Labute approximate surface area is 119 Å². The molecular formula is C13H11FO6S. The van der Waals surface area contributed by atoms with E-state index in [1.807, 2.05) is 0 Å². The molecule has 0 spiro atoms. The minimum atomic E-state index is -3.95. The molecule has 0 N–H and O–H groups in total. The van der Waals surface area contributed by atoms with Gasteiger partial charge in [-0.05, 0) is 25.1 Å². The summed E-state index contributed by atoms with van der Waals surface area (Å²) in [6.07, 6.45) is 0. The number of ketones is 2. The summed E-state index contributed by atoms with van der Waals surface area (Å²) >= 11 is 0. The fraction of sp³-hybridized carbons (Fsp3) is 0.308. The van der Waals surface area contributed by atoms with Crippen molar-refractivity contribution in [3.63, 3.8) is 0 Å². The molecule has 0 bridgehead atoms. The van der Waals surface area contributed by atoms with Crippen molar-refractivity contribution in [1.29, 1.82) is 0 Å². The van der Waals surface area contributed by atoms with Gasteiger partial charge in [-0.2, -0.15) is 0 Å². The summed E-state index contributed by atoms with van der Waals surface area (Å²) in [7, 11) is -3.95. The van der Waals surface area contributed by atoms with Crippen LogP contribution in [0.2, 0.25) is 0 Å². The minimum Gasteiger partial charge on any atom is -0.460 e. The van der Waals surface area contributed by atoms with Crippen LogP contribution < -0.4 is 0 Å². The number of esters is 1. The Morgan fingerprint density at radius 3 is 2.67 bits per heavy atom. The van der Waals surface area contributed by atoms with Crippen molar-refractivity contribution < 1.29 is 31.9 Å². The summed E-state index contributed by atoms with van der Waals surface area (Å²) in [5.41, 5.74) is -0.413. The van der Waals surface area contributed by atoms with E-state index < -0.39 is 50.4 Å². The Morgan fingerprint density at radius 1 is 1.38 bits per heavy atom. The van der Waals surface area contributed by atoms with Crippen molar-refractivity contribution in [2.24, 2.45) is 5.92 Å². The van der Waals surface area contributed by atoms with Gasteiger partial charge in [-0.15, -0.1) is 0 Å². The molecule has 1 atom stereocenters. The Balaban J connectivity index is 2.49. The van der Waals surface area contributed by atoms with Crippen molar-refractivity contribution in [2.75, 3.05) is 12.4 Å². The van der Waals surface area contributed by atoms with Gasteiger partial charge in [0.05, 0.1) is 17.3 Å². The number of fused-ring (bicyclic) bond motifs is 1. The minimum absolute atomic E-state index is 0.0799. The third-order valence-corrected chi connectivity index (χ3v) is 4.84. The molecule has 1 aliphatic rings. The molecule has 6 nitrogen and oxygen atoms in total.